The highest BCUT2D eigenvalue weighted by Crippen LogP contribution is 2.25. The maximum absolute atomic E-state index is 12.0. The highest BCUT2D eigenvalue weighted by Gasteiger charge is 2.17. The molecule has 8 heteroatoms. The Morgan fingerprint density at radius 2 is 1.82 bits per heavy atom. The van der Waals surface area contributed by atoms with E-state index in [4.69, 9.17) is 39.5 Å². The Morgan fingerprint density at radius 1 is 1.09 bits per heavy atom. The number of halogens is 3. The van der Waals surface area contributed by atoms with Crippen LogP contribution < -0.4 is 0 Å². The lowest BCUT2D eigenvalue weighted by atomic mass is 10.2. The molecule has 2 aromatic carbocycles. The second kappa shape index (κ2) is 6.96. The molecule has 0 saturated carbocycles. The molecule has 0 aliphatic rings. The third-order valence-corrected chi connectivity index (χ3v) is 3.67. The molecule has 0 aliphatic carbocycles. The summed E-state index contributed by atoms with van der Waals surface area (Å²) in [7, 11) is 0. The number of rotatable bonds is 4. The lowest BCUT2D eigenvalue weighted by Gasteiger charge is -2.08. The SMILES string of the molecule is O=C(OCc1ccc(Cl)cc1Cl)c1cc([N+](=O)[O-])ccc1Cl. The lowest BCUT2D eigenvalue weighted by molar-refractivity contribution is -0.384. The topological polar surface area (TPSA) is 69.4 Å². The number of hydrogen-bond acceptors (Lipinski definition) is 4. The fourth-order valence-electron chi connectivity index (χ4n) is 1.64. The molecular formula is C14H8Cl3NO4. The monoisotopic (exact) mass is 359 g/mol. The van der Waals surface area contributed by atoms with Gasteiger partial charge in [0, 0.05) is 27.7 Å². The zero-order valence-electron chi connectivity index (χ0n) is 10.9. The van der Waals surface area contributed by atoms with E-state index in [-0.39, 0.29) is 22.9 Å². The van der Waals surface area contributed by atoms with Crippen LogP contribution in [-0.4, -0.2) is 10.9 Å². The third kappa shape index (κ3) is 3.88. The predicted molar refractivity (Wildman–Crippen MR) is 83.7 cm³/mol. The number of nitrogens with zero attached hydrogens (tertiary/aromatic N) is 1. The maximum Gasteiger partial charge on any atom is 0.340 e. The molecule has 0 fully saturated rings. The molecule has 22 heavy (non-hydrogen) atoms. The van der Waals surface area contributed by atoms with Crippen LogP contribution >= 0.6 is 34.8 Å². The van der Waals surface area contributed by atoms with Gasteiger partial charge in [-0.2, -0.15) is 0 Å². The largest absolute Gasteiger partial charge is 0.457 e. The minimum atomic E-state index is -0.778. The number of esters is 1. The number of benzene rings is 2. The van der Waals surface area contributed by atoms with Gasteiger partial charge >= 0.3 is 5.97 Å². The van der Waals surface area contributed by atoms with Gasteiger partial charge in [-0.05, 0) is 18.2 Å². The average Bonchev–Trinajstić information content (AvgIpc) is 2.46. The smallest absolute Gasteiger partial charge is 0.340 e. The van der Waals surface area contributed by atoms with Crippen molar-refractivity contribution in [2.45, 2.75) is 6.61 Å². The van der Waals surface area contributed by atoms with Crippen LogP contribution in [0.1, 0.15) is 15.9 Å². The molecule has 2 aromatic rings. The summed E-state index contributed by atoms with van der Waals surface area (Å²) in [5, 5.41) is 11.6. The van der Waals surface area contributed by atoms with Crippen molar-refractivity contribution >= 4 is 46.5 Å². The Kier molecular flexibility index (Phi) is 5.24. The van der Waals surface area contributed by atoms with Crippen molar-refractivity contribution in [1.82, 2.24) is 0 Å². The van der Waals surface area contributed by atoms with Gasteiger partial charge in [-0.3, -0.25) is 10.1 Å². The Morgan fingerprint density at radius 3 is 2.45 bits per heavy atom. The molecule has 5 nitrogen and oxygen atoms in total. The van der Waals surface area contributed by atoms with Crippen LogP contribution in [0.5, 0.6) is 0 Å². The molecule has 0 saturated heterocycles. The van der Waals surface area contributed by atoms with Crippen molar-refractivity contribution in [2.75, 3.05) is 0 Å². The number of ether oxygens (including phenoxy) is 1. The first-order chi connectivity index (χ1) is 10.4. The van der Waals surface area contributed by atoms with E-state index >= 15 is 0 Å². The summed E-state index contributed by atoms with van der Waals surface area (Å²) >= 11 is 17.6. The fraction of sp³-hybridized carbons (Fsp3) is 0.0714. The van der Waals surface area contributed by atoms with Crippen LogP contribution in [0, 0.1) is 10.1 Å². The fourth-order valence-corrected chi connectivity index (χ4v) is 2.30. The van der Waals surface area contributed by atoms with E-state index in [0.29, 0.717) is 15.6 Å². The minimum Gasteiger partial charge on any atom is -0.457 e. The second-order valence-electron chi connectivity index (χ2n) is 4.23. The van der Waals surface area contributed by atoms with Crippen molar-refractivity contribution in [1.29, 1.82) is 0 Å². The molecule has 0 aliphatic heterocycles. The first-order valence-corrected chi connectivity index (χ1v) is 7.07. The highest BCUT2D eigenvalue weighted by molar-refractivity contribution is 6.35. The number of carbonyl (C=O) groups excluding carboxylic acids is 1. The Hall–Kier alpha value is -1.82. The Bertz CT molecular complexity index is 749. The van der Waals surface area contributed by atoms with E-state index in [0.717, 1.165) is 6.07 Å². The predicted octanol–water partition coefficient (Wildman–Crippen LogP) is 4.91. The molecule has 2 rings (SSSR count). The first-order valence-electron chi connectivity index (χ1n) is 5.93. The molecule has 114 valence electrons. The lowest BCUT2D eigenvalue weighted by Crippen LogP contribution is -2.07. The van der Waals surface area contributed by atoms with E-state index in [2.05, 4.69) is 0 Å². The quantitative estimate of drug-likeness (QED) is 0.441. The van der Waals surface area contributed by atoms with Gasteiger partial charge in [0.1, 0.15) is 6.61 Å². The van der Waals surface area contributed by atoms with E-state index in [9.17, 15) is 14.9 Å². The number of non-ortho nitro benzene ring substituents is 1. The minimum absolute atomic E-state index is 0.0674. The molecule has 0 radical (unpaired) electrons. The molecule has 0 aromatic heterocycles. The molecule has 0 atom stereocenters. The molecule has 0 bridgehead atoms. The number of nitro benzene ring substituents is 1. The zero-order valence-corrected chi connectivity index (χ0v) is 13.2. The van der Waals surface area contributed by atoms with Crippen molar-refractivity contribution in [2.24, 2.45) is 0 Å². The van der Waals surface area contributed by atoms with Gasteiger partial charge in [0.2, 0.25) is 0 Å². The van der Waals surface area contributed by atoms with E-state index < -0.39 is 10.9 Å². The molecule has 0 amide bonds. The highest BCUT2D eigenvalue weighted by atomic mass is 35.5. The molecule has 0 heterocycles. The summed E-state index contributed by atoms with van der Waals surface area (Å²) in [6, 6.07) is 8.28. The van der Waals surface area contributed by atoms with E-state index in [1.807, 2.05) is 0 Å². The maximum atomic E-state index is 12.0. The second-order valence-corrected chi connectivity index (χ2v) is 5.48. The summed E-state index contributed by atoms with van der Waals surface area (Å²) in [5.41, 5.74) is 0.225. The van der Waals surface area contributed by atoms with Gasteiger partial charge in [0.15, 0.2) is 0 Å². The average molecular weight is 361 g/mol. The van der Waals surface area contributed by atoms with Crippen LogP contribution in [-0.2, 0) is 11.3 Å². The first kappa shape index (κ1) is 16.5. The molecular weight excluding hydrogens is 353 g/mol. The number of nitro groups is 1. The Balaban J connectivity index is 2.15. The van der Waals surface area contributed by atoms with Gasteiger partial charge in [-0.25, -0.2) is 4.79 Å². The standard InChI is InChI=1S/C14H8Cl3NO4/c15-9-2-1-8(13(17)5-9)7-22-14(19)11-6-10(18(20)21)3-4-12(11)16/h1-6H,7H2. The van der Waals surface area contributed by atoms with Crippen LogP contribution in [0.4, 0.5) is 5.69 Å². The molecule has 0 spiro atoms. The summed E-state index contributed by atoms with van der Waals surface area (Å²) in [6.07, 6.45) is 0. The van der Waals surface area contributed by atoms with Gasteiger partial charge < -0.3 is 4.74 Å². The van der Waals surface area contributed by atoms with Crippen LogP contribution in [0.3, 0.4) is 0 Å². The van der Waals surface area contributed by atoms with Gasteiger partial charge in [0.25, 0.3) is 5.69 Å². The van der Waals surface area contributed by atoms with Crippen LogP contribution in [0.2, 0.25) is 15.1 Å². The van der Waals surface area contributed by atoms with Crippen LogP contribution in [0.25, 0.3) is 0 Å². The van der Waals surface area contributed by atoms with Crippen molar-refractivity contribution in [3.05, 3.63) is 72.7 Å². The van der Waals surface area contributed by atoms with Crippen molar-refractivity contribution in [3.63, 3.8) is 0 Å². The van der Waals surface area contributed by atoms with Crippen molar-refractivity contribution in [3.8, 4) is 0 Å². The normalized spacial score (nSPS) is 10.3. The summed E-state index contributed by atoms with van der Waals surface area (Å²) in [6.45, 7) is -0.103. The van der Waals surface area contributed by atoms with Gasteiger partial charge in [0.05, 0.1) is 15.5 Å². The number of carbonyl (C=O) groups is 1. The summed E-state index contributed by atoms with van der Waals surface area (Å²) < 4.78 is 5.08. The van der Waals surface area contributed by atoms with Gasteiger partial charge in [-0.15, -0.1) is 0 Å². The Labute approximate surface area is 140 Å². The molecule has 0 N–H and O–H groups in total. The van der Waals surface area contributed by atoms with Crippen molar-refractivity contribution < 1.29 is 14.5 Å². The number of hydrogen-bond donors (Lipinski definition) is 0. The summed E-state index contributed by atoms with van der Waals surface area (Å²) in [5.74, 6) is -0.778. The molecule has 0 unspecified atom stereocenters. The summed E-state index contributed by atoms with van der Waals surface area (Å²) in [4.78, 5) is 22.1. The third-order valence-electron chi connectivity index (χ3n) is 2.75. The van der Waals surface area contributed by atoms with E-state index in [1.54, 1.807) is 12.1 Å². The van der Waals surface area contributed by atoms with Gasteiger partial charge in [-0.1, -0.05) is 40.9 Å². The zero-order chi connectivity index (χ0) is 16.3. The van der Waals surface area contributed by atoms with Crippen LogP contribution in [0.15, 0.2) is 36.4 Å². The van der Waals surface area contributed by atoms with E-state index in [1.165, 1.54) is 18.2 Å².